The minimum atomic E-state index is -0.347. The van der Waals surface area contributed by atoms with E-state index >= 15 is 0 Å². The lowest BCUT2D eigenvalue weighted by molar-refractivity contribution is -0.0747. The van der Waals surface area contributed by atoms with Crippen LogP contribution in [0.1, 0.15) is 5.69 Å². The van der Waals surface area contributed by atoms with Crippen LogP contribution < -0.4 is 11.4 Å². The monoisotopic (exact) mass is 259 g/mol. The maximum Gasteiger partial charge on any atom is 0.347 e. The van der Waals surface area contributed by atoms with E-state index in [4.69, 9.17) is 14.6 Å². The van der Waals surface area contributed by atoms with E-state index in [9.17, 15) is 4.79 Å². The first-order valence-corrected chi connectivity index (χ1v) is 5.55. The van der Waals surface area contributed by atoms with Crippen LogP contribution in [-0.4, -0.2) is 47.8 Å². The summed E-state index contributed by atoms with van der Waals surface area (Å²) in [6, 6.07) is 1.79. The summed E-state index contributed by atoms with van der Waals surface area (Å²) in [6.07, 6.45) is 1.35. The van der Waals surface area contributed by atoms with Crippen LogP contribution in [0.2, 0.25) is 0 Å². The molecular formula is C11H21N3O4. The van der Waals surface area contributed by atoms with Crippen molar-refractivity contribution in [1.82, 2.24) is 9.55 Å². The lowest BCUT2D eigenvalue weighted by Crippen LogP contribution is -2.19. The van der Waals surface area contributed by atoms with Crippen LogP contribution in [0.3, 0.4) is 0 Å². The minimum absolute atomic E-state index is 0.0278. The Balaban J connectivity index is 0.000000289. The van der Waals surface area contributed by atoms with Gasteiger partial charge in [0.1, 0.15) is 0 Å². The summed E-state index contributed by atoms with van der Waals surface area (Å²) in [5.41, 5.74) is 5.06. The van der Waals surface area contributed by atoms with E-state index in [1.165, 1.54) is 11.6 Å². The van der Waals surface area contributed by atoms with E-state index in [1.807, 2.05) is 0 Å². The molecule has 0 saturated carbocycles. The van der Waals surface area contributed by atoms with Crippen molar-refractivity contribution in [3.63, 3.8) is 0 Å². The van der Waals surface area contributed by atoms with Crippen molar-refractivity contribution in [3.05, 3.63) is 28.4 Å². The third kappa shape index (κ3) is 6.45. The van der Waals surface area contributed by atoms with Gasteiger partial charge in [-0.05, 0) is 20.0 Å². The molecule has 0 amide bonds. The number of aromatic nitrogens is 2. The van der Waals surface area contributed by atoms with Gasteiger partial charge >= 0.3 is 5.69 Å². The van der Waals surface area contributed by atoms with Crippen molar-refractivity contribution in [3.8, 4) is 0 Å². The van der Waals surface area contributed by atoms with Gasteiger partial charge in [-0.25, -0.2) is 4.79 Å². The number of nitrogens with two attached hydrogens (primary N) is 1. The van der Waals surface area contributed by atoms with Gasteiger partial charge in [0.25, 0.3) is 0 Å². The van der Waals surface area contributed by atoms with E-state index < -0.39 is 0 Å². The molecule has 3 N–H and O–H groups in total. The summed E-state index contributed by atoms with van der Waals surface area (Å²) in [7, 11) is 3.18. The van der Waals surface area contributed by atoms with Crippen molar-refractivity contribution < 1.29 is 14.6 Å². The lowest BCUT2D eigenvalue weighted by atomic mass is 10.5. The van der Waals surface area contributed by atoms with Gasteiger partial charge in [0.05, 0.1) is 19.8 Å². The molecule has 2 heterocycles. The van der Waals surface area contributed by atoms with Crippen LogP contribution in [0.5, 0.6) is 0 Å². The van der Waals surface area contributed by atoms with Crippen molar-refractivity contribution >= 4 is 0 Å². The van der Waals surface area contributed by atoms with E-state index in [2.05, 4.69) is 10.7 Å². The number of nitrogens with zero attached hydrogens (tertiary/aromatic N) is 2. The van der Waals surface area contributed by atoms with Gasteiger partial charge in [-0.1, -0.05) is 0 Å². The standard InChI is InChI=1S/C6H8N2O.C4H8O3.CH5N/c1-5-3-4-8(2)6(9)7-5;5-3-4-6-1-2-7-4;1-2/h3-4H,1-2H3;4-5H,1-3H2;2H2,1H3. The normalized spacial score (nSPS) is 14.3. The zero-order chi connectivity index (χ0) is 14.0. The Morgan fingerprint density at radius 2 is 2.06 bits per heavy atom. The Kier molecular flexibility index (Phi) is 9.03. The fraction of sp³-hybridized carbons (Fsp3) is 0.636. The highest BCUT2D eigenvalue weighted by molar-refractivity contribution is 4.94. The number of aliphatic hydroxyl groups is 1. The topological polar surface area (TPSA) is 99.6 Å². The summed E-state index contributed by atoms with van der Waals surface area (Å²) in [6.45, 7) is 3.00. The van der Waals surface area contributed by atoms with Gasteiger partial charge in [0, 0.05) is 18.9 Å². The molecule has 0 aliphatic carbocycles. The Morgan fingerprint density at radius 3 is 2.39 bits per heavy atom. The molecule has 18 heavy (non-hydrogen) atoms. The number of aryl methyl sites for hydroxylation is 2. The third-order valence-electron chi connectivity index (χ3n) is 1.95. The quantitative estimate of drug-likeness (QED) is 0.672. The molecule has 104 valence electrons. The van der Waals surface area contributed by atoms with Crippen LogP contribution in [0.4, 0.5) is 0 Å². The molecule has 0 unspecified atom stereocenters. The first-order chi connectivity index (χ1) is 8.63. The van der Waals surface area contributed by atoms with Crippen LogP contribution in [0.15, 0.2) is 17.1 Å². The predicted molar refractivity (Wildman–Crippen MR) is 67.1 cm³/mol. The van der Waals surface area contributed by atoms with Crippen LogP contribution in [0.25, 0.3) is 0 Å². The molecule has 1 aliphatic rings. The maximum absolute atomic E-state index is 10.7. The zero-order valence-corrected chi connectivity index (χ0v) is 11.0. The second-order valence-corrected chi connectivity index (χ2v) is 3.32. The number of aliphatic hydroxyl groups excluding tert-OH is 1. The molecule has 0 spiro atoms. The Hall–Kier alpha value is -1.28. The number of ether oxygens (including phenoxy) is 2. The van der Waals surface area contributed by atoms with Crippen molar-refractivity contribution in [2.45, 2.75) is 13.2 Å². The fourth-order valence-electron chi connectivity index (χ4n) is 1.06. The first-order valence-electron chi connectivity index (χ1n) is 5.55. The summed E-state index contributed by atoms with van der Waals surface area (Å²) in [4.78, 5) is 14.4. The highest BCUT2D eigenvalue weighted by atomic mass is 16.7. The molecular weight excluding hydrogens is 238 g/mol. The lowest BCUT2D eigenvalue weighted by Gasteiger charge is -2.00. The van der Waals surface area contributed by atoms with Crippen molar-refractivity contribution in [1.29, 1.82) is 0 Å². The van der Waals surface area contributed by atoms with Gasteiger partial charge in [0.15, 0.2) is 6.29 Å². The molecule has 1 aliphatic heterocycles. The Bertz CT molecular complexity index is 375. The van der Waals surface area contributed by atoms with Crippen LogP contribution in [-0.2, 0) is 16.5 Å². The highest BCUT2D eigenvalue weighted by Crippen LogP contribution is 2.00. The van der Waals surface area contributed by atoms with E-state index in [0.717, 1.165) is 5.69 Å². The van der Waals surface area contributed by atoms with E-state index in [1.54, 1.807) is 26.2 Å². The minimum Gasteiger partial charge on any atom is -0.391 e. The number of hydrogen-bond acceptors (Lipinski definition) is 6. The third-order valence-corrected chi connectivity index (χ3v) is 1.95. The highest BCUT2D eigenvalue weighted by Gasteiger charge is 2.12. The SMILES string of the molecule is CN.Cc1ccn(C)c(=O)n1.OCC1OCCO1. The average molecular weight is 259 g/mol. The first kappa shape index (κ1) is 16.7. The van der Waals surface area contributed by atoms with Gasteiger partial charge in [-0.3, -0.25) is 0 Å². The molecule has 2 rings (SSSR count). The molecule has 7 heteroatoms. The molecule has 0 aromatic carbocycles. The number of rotatable bonds is 1. The maximum atomic E-state index is 10.7. The van der Waals surface area contributed by atoms with Crippen molar-refractivity contribution in [2.75, 3.05) is 26.9 Å². The molecule has 7 nitrogen and oxygen atoms in total. The Labute approximate surface area is 106 Å². The number of hydrogen-bond donors (Lipinski definition) is 2. The molecule has 1 fully saturated rings. The summed E-state index contributed by atoms with van der Waals surface area (Å²) in [5, 5.41) is 8.32. The Morgan fingerprint density at radius 1 is 1.50 bits per heavy atom. The molecule has 1 aromatic heterocycles. The van der Waals surface area contributed by atoms with Gasteiger partial charge < -0.3 is 24.9 Å². The summed E-state index contributed by atoms with van der Waals surface area (Å²) < 4.78 is 11.1. The predicted octanol–water partition coefficient (Wildman–Crippen LogP) is -0.985. The fourth-order valence-corrected chi connectivity index (χ4v) is 1.06. The summed E-state index contributed by atoms with van der Waals surface area (Å²) in [5.74, 6) is 0. The van der Waals surface area contributed by atoms with Gasteiger partial charge in [0.2, 0.25) is 0 Å². The average Bonchev–Trinajstić information content (AvgIpc) is 2.91. The van der Waals surface area contributed by atoms with Crippen molar-refractivity contribution in [2.24, 2.45) is 12.8 Å². The molecule has 0 radical (unpaired) electrons. The van der Waals surface area contributed by atoms with E-state index in [0.29, 0.717) is 13.2 Å². The molecule has 1 saturated heterocycles. The summed E-state index contributed by atoms with van der Waals surface area (Å²) >= 11 is 0. The van der Waals surface area contributed by atoms with E-state index in [-0.39, 0.29) is 18.6 Å². The smallest absolute Gasteiger partial charge is 0.347 e. The van der Waals surface area contributed by atoms with Gasteiger partial charge in [-0.15, -0.1) is 0 Å². The molecule has 1 aromatic rings. The molecule has 0 bridgehead atoms. The van der Waals surface area contributed by atoms with Gasteiger partial charge in [-0.2, -0.15) is 4.98 Å². The second-order valence-electron chi connectivity index (χ2n) is 3.32. The largest absolute Gasteiger partial charge is 0.391 e. The zero-order valence-electron chi connectivity index (χ0n) is 11.0. The van der Waals surface area contributed by atoms with Crippen LogP contribution in [0, 0.1) is 6.92 Å². The van der Waals surface area contributed by atoms with Crippen LogP contribution >= 0.6 is 0 Å². The second kappa shape index (κ2) is 9.72. The molecule has 0 atom stereocenters.